The number of aliphatic hydroxyl groups is 1. The first kappa shape index (κ1) is 16.0. The number of hydrogen-bond donors (Lipinski definition) is 1. The topological polar surface area (TPSA) is 66.4 Å². The van der Waals surface area contributed by atoms with Gasteiger partial charge in [0.25, 0.3) is 0 Å². The van der Waals surface area contributed by atoms with Gasteiger partial charge in [-0.25, -0.2) is 0 Å². The van der Waals surface area contributed by atoms with Crippen LogP contribution in [0.1, 0.15) is 64.2 Å². The van der Waals surface area contributed by atoms with Crippen LogP contribution in [0.4, 0.5) is 0 Å². The van der Waals surface area contributed by atoms with E-state index in [-0.39, 0.29) is 18.3 Å². The molecule has 6 nitrogen and oxygen atoms in total. The lowest BCUT2D eigenvalue weighted by Crippen LogP contribution is -2.64. The molecule has 0 aromatic carbocycles. The van der Waals surface area contributed by atoms with Gasteiger partial charge in [0.15, 0.2) is 17.9 Å². The summed E-state index contributed by atoms with van der Waals surface area (Å²) in [6, 6.07) is 0. The van der Waals surface area contributed by atoms with E-state index in [1.807, 2.05) is 0 Å². The summed E-state index contributed by atoms with van der Waals surface area (Å²) in [5, 5.41) is 10.4. The van der Waals surface area contributed by atoms with Gasteiger partial charge >= 0.3 is 0 Å². The Morgan fingerprint density at radius 2 is 1.25 bits per heavy atom. The Kier molecular flexibility index (Phi) is 3.92. The van der Waals surface area contributed by atoms with Crippen molar-refractivity contribution in [3.8, 4) is 0 Å². The summed E-state index contributed by atoms with van der Waals surface area (Å²) in [5.41, 5.74) is 0. The van der Waals surface area contributed by atoms with Crippen molar-refractivity contribution in [3.05, 3.63) is 0 Å². The number of fused-ring (bicyclic) bond motifs is 3. The molecule has 3 saturated heterocycles. The molecule has 2 aliphatic carbocycles. The molecule has 0 amide bonds. The summed E-state index contributed by atoms with van der Waals surface area (Å²) >= 11 is 0. The van der Waals surface area contributed by atoms with Crippen molar-refractivity contribution in [1.29, 1.82) is 0 Å². The van der Waals surface area contributed by atoms with Crippen molar-refractivity contribution in [1.82, 2.24) is 0 Å². The van der Waals surface area contributed by atoms with E-state index in [1.165, 1.54) is 12.8 Å². The summed E-state index contributed by atoms with van der Waals surface area (Å²) in [5.74, 6) is -1.03. The van der Waals surface area contributed by atoms with Crippen molar-refractivity contribution in [2.45, 2.75) is 106 Å². The van der Waals surface area contributed by atoms with E-state index in [1.54, 1.807) is 0 Å². The molecule has 2 saturated carbocycles. The third kappa shape index (κ3) is 2.54. The third-order valence-electron chi connectivity index (χ3n) is 6.40. The second kappa shape index (κ2) is 5.89. The lowest BCUT2D eigenvalue weighted by Gasteiger charge is -2.50. The first-order valence-corrected chi connectivity index (χ1v) is 9.70. The van der Waals surface area contributed by atoms with Gasteiger partial charge in [0.2, 0.25) is 0 Å². The minimum Gasteiger partial charge on any atom is -0.366 e. The van der Waals surface area contributed by atoms with E-state index < -0.39 is 24.0 Å². The fraction of sp³-hybridized carbons (Fsp3) is 1.00. The van der Waals surface area contributed by atoms with Crippen molar-refractivity contribution < 1.29 is 28.8 Å². The minimum absolute atomic E-state index is 0.216. The molecule has 6 heteroatoms. The van der Waals surface area contributed by atoms with E-state index in [9.17, 15) is 5.11 Å². The van der Waals surface area contributed by atoms with Gasteiger partial charge in [-0.2, -0.15) is 0 Å². The molecule has 5 atom stereocenters. The molecular weight excluding hydrogens is 312 g/mol. The van der Waals surface area contributed by atoms with E-state index in [4.69, 9.17) is 23.7 Å². The molecule has 3 aliphatic heterocycles. The Labute approximate surface area is 142 Å². The SMILES string of the molecule is O[C@@H]1O[C@H]2COC3(CCCCC3)O[C@@H]2[C@H]2OC3(CCCCC3)O[C@@H]21. The smallest absolute Gasteiger partial charge is 0.184 e. The third-order valence-corrected chi connectivity index (χ3v) is 6.40. The van der Waals surface area contributed by atoms with Crippen LogP contribution >= 0.6 is 0 Å². The predicted octanol–water partition coefficient (Wildman–Crippen LogP) is 2.22. The molecule has 0 unspecified atom stereocenters. The van der Waals surface area contributed by atoms with Crippen molar-refractivity contribution >= 4 is 0 Å². The number of rotatable bonds is 0. The Morgan fingerprint density at radius 1 is 0.667 bits per heavy atom. The highest BCUT2D eigenvalue weighted by Crippen LogP contribution is 2.48. The van der Waals surface area contributed by atoms with Crippen molar-refractivity contribution in [3.63, 3.8) is 0 Å². The van der Waals surface area contributed by atoms with E-state index in [2.05, 4.69) is 0 Å². The Bertz CT molecular complexity index is 470. The maximum absolute atomic E-state index is 10.4. The monoisotopic (exact) mass is 340 g/mol. The summed E-state index contributed by atoms with van der Waals surface area (Å²) < 4.78 is 30.9. The Hall–Kier alpha value is -0.240. The molecule has 2 spiro atoms. The average molecular weight is 340 g/mol. The standard InChI is InChI=1S/C18H28O6/c19-16-15-14(23-18(24-15)9-5-2-6-10-18)13-12(21-16)11-20-17(22-13)7-3-1-4-8-17/h12-16,19H,1-11H2/t12-,13-,14+,15-,16+/m0/s1. The number of ether oxygens (including phenoxy) is 5. The van der Waals surface area contributed by atoms with Gasteiger partial charge in [-0.15, -0.1) is 0 Å². The van der Waals surface area contributed by atoms with Crippen LogP contribution in [-0.4, -0.2) is 54.0 Å². The highest BCUT2D eigenvalue weighted by molar-refractivity contribution is 5.01. The highest BCUT2D eigenvalue weighted by Gasteiger charge is 2.61. The highest BCUT2D eigenvalue weighted by atomic mass is 16.8. The number of hydrogen-bond acceptors (Lipinski definition) is 6. The van der Waals surface area contributed by atoms with Crippen LogP contribution in [0, 0.1) is 0 Å². The first-order chi connectivity index (χ1) is 11.7. The van der Waals surface area contributed by atoms with Gasteiger partial charge in [0.05, 0.1) is 6.61 Å². The van der Waals surface area contributed by atoms with Gasteiger partial charge in [-0.3, -0.25) is 0 Å². The lowest BCUT2D eigenvalue weighted by atomic mass is 9.90. The van der Waals surface area contributed by atoms with E-state index >= 15 is 0 Å². The molecule has 24 heavy (non-hydrogen) atoms. The molecule has 1 N–H and O–H groups in total. The van der Waals surface area contributed by atoms with Crippen LogP contribution in [0.5, 0.6) is 0 Å². The molecule has 136 valence electrons. The zero-order valence-corrected chi connectivity index (χ0v) is 14.2. The molecule has 0 aromatic heterocycles. The molecule has 5 aliphatic rings. The summed E-state index contributed by atoms with van der Waals surface area (Å²) in [4.78, 5) is 0. The molecule has 0 radical (unpaired) electrons. The molecular formula is C18H28O6. The predicted molar refractivity (Wildman–Crippen MR) is 83.1 cm³/mol. The van der Waals surface area contributed by atoms with Crippen LogP contribution in [0.25, 0.3) is 0 Å². The second-order valence-corrected chi connectivity index (χ2v) is 8.07. The zero-order chi connectivity index (χ0) is 16.2. The van der Waals surface area contributed by atoms with Gasteiger partial charge in [-0.05, 0) is 25.7 Å². The van der Waals surface area contributed by atoms with Crippen LogP contribution in [-0.2, 0) is 23.7 Å². The summed E-state index contributed by atoms with van der Waals surface area (Å²) in [6.07, 6.45) is 8.43. The largest absolute Gasteiger partial charge is 0.366 e. The normalized spacial score (nSPS) is 46.6. The van der Waals surface area contributed by atoms with Crippen molar-refractivity contribution in [2.75, 3.05) is 6.61 Å². The zero-order valence-electron chi connectivity index (χ0n) is 14.2. The molecule has 3 heterocycles. The van der Waals surface area contributed by atoms with Gasteiger partial charge in [-0.1, -0.05) is 12.8 Å². The molecule has 5 fully saturated rings. The minimum atomic E-state index is -0.967. The van der Waals surface area contributed by atoms with Crippen molar-refractivity contribution in [2.24, 2.45) is 0 Å². The molecule has 0 bridgehead atoms. The van der Waals surface area contributed by atoms with Crippen LogP contribution in [0.15, 0.2) is 0 Å². The first-order valence-electron chi connectivity index (χ1n) is 9.70. The summed E-state index contributed by atoms with van der Waals surface area (Å²) in [6.45, 7) is 0.460. The Balaban J connectivity index is 1.38. The Morgan fingerprint density at radius 3 is 1.96 bits per heavy atom. The maximum atomic E-state index is 10.4. The molecule has 5 rings (SSSR count). The fourth-order valence-corrected chi connectivity index (χ4v) is 5.15. The number of aliphatic hydroxyl groups excluding tert-OH is 1. The lowest BCUT2D eigenvalue weighted by molar-refractivity contribution is -0.382. The van der Waals surface area contributed by atoms with Crippen LogP contribution < -0.4 is 0 Å². The average Bonchev–Trinajstić information content (AvgIpc) is 2.97. The van der Waals surface area contributed by atoms with Crippen LogP contribution in [0.3, 0.4) is 0 Å². The molecule has 0 aromatic rings. The van der Waals surface area contributed by atoms with Crippen LogP contribution in [0.2, 0.25) is 0 Å². The van der Waals surface area contributed by atoms with Gasteiger partial charge in [0, 0.05) is 25.7 Å². The fourth-order valence-electron chi connectivity index (χ4n) is 5.15. The maximum Gasteiger partial charge on any atom is 0.184 e. The summed E-state index contributed by atoms with van der Waals surface area (Å²) in [7, 11) is 0. The second-order valence-electron chi connectivity index (χ2n) is 8.07. The quantitative estimate of drug-likeness (QED) is 0.729. The van der Waals surface area contributed by atoms with Gasteiger partial charge < -0.3 is 28.8 Å². The van der Waals surface area contributed by atoms with E-state index in [0.29, 0.717) is 6.61 Å². The van der Waals surface area contributed by atoms with E-state index in [0.717, 1.165) is 51.4 Å². The van der Waals surface area contributed by atoms with Gasteiger partial charge in [0.1, 0.15) is 24.4 Å².